The van der Waals surface area contributed by atoms with Gasteiger partial charge in [0.25, 0.3) is 0 Å². The van der Waals surface area contributed by atoms with Gasteiger partial charge in [0.05, 0.1) is 19.0 Å². The summed E-state index contributed by atoms with van der Waals surface area (Å²) in [5, 5.41) is 7.85. The lowest BCUT2D eigenvalue weighted by atomic mass is 10.1. The molecule has 0 aliphatic carbocycles. The molecule has 0 saturated heterocycles. The van der Waals surface area contributed by atoms with E-state index in [1.807, 2.05) is 30.3 Å². The second-order valence-corrected chi connectivity index (χ2v) is 3.31. The summed E-state index contributed by atoms with van der Waals surface area (Å²) in [5.41, 5.74) is 2.82. The molecule has 0 bridgehead atoms. The molecular formula is C13H12N2O. The Morgan fingerprint density at radius 2 is 2.12 bits per heavy atom. The molecule has 0 radical (unpaired) electrons. The maximum atomic E-state index is 5.18. The van der Waals surface area contributed by atoms with Crippen LogP contribution in [0.2, 0.25) is 0 Å². The molecule has 0 saturated carbocycles. The third-order valence-corrected chi connectivity index (χ3v) is 2.29. The van der Waals surface area contributed by atoms with Crippen molar-refractivity contribution in [3.63, 3.8) is 0 Å². The predicted molar refractivity (Wildman–Crippen MR) is 64.1 cm³/mol. The molecule has 0 unspecified atom stereocenters. The topological polar surface area (TPSA) is 35.0 Å². The van der Waals surface area contributed by atoms with Gasteiger partial charge in [-0.1, -0.05) is 18.7 Å². The Balaban J connectivity index is 2.45. The minimum atomic E-state index is 0.764. The molecular weight excluding hydrogens is 200 g/mol. The van der Waals surface area contributed by atoms with Crippen LogP contribution in [0.1, 0.15) is 5.69 Å². The van der Waals surface area contributed by atoms with Gasteiger partial charge in [-0.15, -0.1) is 0 Å². The van der Waals surface area contributed by atoms with E-state index in [4.69, 9.17) is 4.74 Å². The van der Waals surface area contributed by atoms with Crippen LogP contribution in [0.3, 0.4) is 0 Å². The number of rotatable bonds is 3. The molecule has 0 aliphatic heterocycles. The van der Waals surface area contributed by atoms with Crippen molar-refractivity contribution in [1.82, 2.24) is 10.2 Å². The van der Waals surface area contributed by atoms with Gasteiger partial charge in [-0.25, -0.2) is 0 Å². The number of aromatic nitrogens is 2. The van der Waals surface area contributed by atoms with Crippen molar-refractivity contribution in [2.45, 2.75) is 0 Å². The first-order valence-electron chi connectivity index (χ1n) is 4.93. The Morgan fingerprint density at radius 3 is 2.88 bits per heavy atom. The van der Waals surface area contributed by atoms with E-state index in [1.54, 1.807) is 19.4 Å². The summed E-state index contributed by atoms with van der Waals surface area (Å²) in [6, 6.07) is 9.76. The van der Waals surface area contributed by atoms with E-state index in [0.29, 0.717) is 0 Å². The highest BCUT2D eigenvalue weighted by atomic mass is 16.5. The number of nitrogens with zero attached hydrogens (tertiary/aromatic N) is 2. The maximum absolute atomic E-state index is 5.18. The largest absolute Gasteiger partial charge is 0.497 e. The highest BCUT2D eigenvalue weighted by Gasteiger charge is 2.01. The van der Waals surface area contributed by atoms with Gasteiger partial charge in [0.2, 0.25) is 0 Å². The number of hydrogen-bond donors (Lipinski definition) is 0. The van der Waals surface area contributed by atoms with Crippen LogP contribution >= 0.6 is 0 Å². The lowest BCUT2D eigenvalue weighted by Gasteiger charge is -2.04. The van der Waals surface area contributed by atoms with Gasteiger partial charge >= 0.3 is 0 Å². The fourth-order valence-electron chi connectivity index (χ4n) is 1.44. The number of methoxy groups -OCH3 is 1. The maximum Gasteiger partial charge on any atom is 0.119 e. The number of ether oxygens (including phenoxy) is 1. The third kappa shape index (κ3) is 2.08. The van der Waals surface area contributed by atoms with Crippen LogP contribution in [0.15, 0.2) is 43.1 Å². The standard InChI is InChI=1S/C13H12N2O/c1-3-12-7-11(9-14-15-12)10-5-4-6-13(8-10)16-2/h3-9H,1H2,2H3. The van der Waals surface area contributed by atoms with Crippen LogP contribution in [0.4, 0.5) is 0 Å². The molecule has 0 atom stereocenters. The third-order valence-electron chi connectivity index (χ3n) is 2.29. The van der Waals surface area contributed by atoms with Crippen LogP contribution in [-0.4, -0.2) is 17.3 Å². The van der Waals surface area contributed by atoms with Crippen molar-refractivity contribution in [2.75, 3.05) is 7.11 Å². The van der Waals surface area contributed by atoms with Gasteiger partial charge in [-0.2, -0.15) is 10.2 Å². The molecule has 1 heterocycles. The Morgan fingerprint density at radius 1 is 1.25 bits per heavy atom. The van der Waals surface area contributed by atoms with Crippen molar-refractivity contribution >= 4 is 6.08 Å². The van der Waals surface area contributed by atoms with E-state index in [-0.39, 0.29) is 0 Å². The molecule has 2 aromatic rings. The first kappa shape index (κ1) is 10.4. The molecule has 0 amide bonds. The Kier molecular flexibility index (Phi) is 2.96. The van der Waals surface area contributed by atoms with Crippen molar-refractivity contribution in [2.24, 2.45) is 0 Å². The average Bonchev–Trinajstić information content (AvgIpc) is 2.39. The van der Waals surface area contributed by atoms with Crippen LogP contribution in [-0.2, 0) is 0 Å². The summed E-state index contributed by atoms with van der Waals surface area (Å²) < 4.78 is 5.18. The van der Waals surface area contributed by atoms with Crippen LogP contribution < -0.4 is 4.74 Å². The molecule has 1 aromatic carbocycles. The molecule has 3 nitrogen and oxygen atoms in total. The molecule has 0 spiro atoms. The number of hydrogen-bond acceptors (Lipinski definition) is 3. The van der Waals surface area contributed by atoms with Gasteiger partial charge in [0, 0.05) is 5.56 Å². The summed E-state index contributed by atoms with van der Waals surface area (Å²) in [4.78, 5) is 0. The van der Waals surface area contributed by atoms with E-state index in [1.165, 1.54) is 0 Å². The Labute approximate surface area is 94.4 Å². The monoisotopic (exact) mass is 212 g/mol. The molecule has 0 fully saturated rings. The van der Waals surface area contributed by atoms with E-state index >= 15 is 0 Å². The first-order chi connectivity index (χ1) is 7.83. The zero-order valence-electron chi connectivity index (χ0n) is 9.05. The van der Waals surface area contributed by atoms with Crippen molar-refractivity contribution in [3.05, 3.63) is 48.8 Å². The molecule has 80 valence electrons. The lowest BCUT2D eigenvalue weighted by Crippen LogP contribution is -1.88. The van der Waals surface area contributed by atoms with Crippen LogP contribution in [0, 0.1) is 0 Å². The van der Waals surface area contributed by atoms with E-state index in [2.05, 4.69) is 16.8 Å². The molecule has 2 rings (SSSR count). The average molecular weight is 212 g/mol. The minimum Gasteiger partial charge on any atom is -0.497 e. The highest BCUT2D eigenvalue weighted by Crippen LogP contribution is 2.23. The molecule has 0 N–H and O–H groups in total. The predicted octanol–water partition coefficient (Wildman–Crippen LogP) is 2.80. The molecule has 1 aromatic heterocycles. The smallest absolute Gasteiger partial charge is 0.119 e. The molecule has 3 heteroatoms. The van der Waals surface area contributed by atoms with Gasteiger partial charge in [0.15, 0.2) is 0 Å². The summed E-state index contributed by atoms with van der Waals surface area (Å²) >= 11 is 0. The van der Waals surface area contributed by atoms with Gasteiger partial charge in [0.1, 0.15) is 5.75 Å². The van der Waals surface area contributed by atoms with Crippen LogP contribution in [0.5, 0.6) is 5.75 Å². The lowest BCUT2D eigenvalue weighted by molar-refractivity contribution is 0.415. The highest BCUT2D eigenvalue weighted by molar-refractivity contribution is 5.66. The summed E-state index contributed by atoms with van der Waals surface area (Å²) in [6.07, 6.45) is 3.40. The zero-order chi connectivity index (χ0) is 11.4. The molecule has 0 aliphatic rings. The minimum absolute atomic E-state index is 0.764. The summed E-state index contributed by atoms with van der Waals surface area (Å²) in [7, 11) is 1.65. The zero-order valence-corrected chi connectivity index (χ0v) is 9.05. The van der Waals surface area contributed by atoms with E-state index in [9.17, 15) is 0 Å². The van der Waals surface area contributed by atoms with Crippen molar-refractivity contribution in [3.8, 4) is 16.9 Å². The quantitative estimate of drug-likeness (QED) is 0.784. The Hall–Kier alpha value is -2.16. The van der Waals surface area contributed by atoms with Crippen molar-refractivity contribution in [1.29, 1.82) is 0 Å². The fraction of sp³-hybridized carbons (Fsp3) is 0.0769. The van der Waals surface area contributed by atoms with Crippen LogP contribution in [0.25, 0.3) is 17.2 Å². The van der Waals surface area contributed by atoms with Crippen molar-refractivity contribution < 1.29 is 4.74 Å². The normalized spacial score (nSPS) is 9.81. The SMILES string of the molecule is C=Cc1cc(-c2cccc(OC)c2)cnn1. The second kappa shape index (κ2) is 4.57. The van der Waals surface area contributed by atoms with E-state index < -0.39 is 0 Å². The fourth-order valence-corrected chi connectivity index (χ4v) is 1.44. The second-order valence-electron chi connectivity index (χ2n) is 3.31. The first-order valence-corrected chi connectivity index (χ1v) is 4.93. The van der Waals surface area contributed by atoms with Gasteiger partial charge < -0.3 is 4.74 Å². The molecule has 16 heavy (non-hydrogen) atoms. The Bertz CT molecular complexity index is 509. The summed E-state index contributed by atoms with van der Waals surface area (Å²) in [6.45, 7) is 3.67. The van der Waals surface area contributed by atoms with Gasteiger partial charge in [-0.3, -0.25) is 0 Å². The van der Waals surface area contributed by atoms with Gasteiger partial charge in [-0.05, 0) is 29.8 Å². The number of benzene rings is 1. The van der Waals surface area contributed by atoms with E-state index in [0.717, 1.165) is 22.6 Å². The summed E-state index contributed by atoms with van der Waals surface area (Å²) in [5.74, 6) is 0.828.